The van der Waals surface area contributed by atoms with Gasteiger partial charge < -0.3 is 23.8 Å². The quantitative estimate of drug-likeness (QED) is 0.660. The number of rotatable bonds is 5. The molecular formula is C21H26BrNO4. The Bertz CT molecular complexity index is 839. The van der Waals surface area contributed by atoms with Crippen LogP contribution in [0.15, 0.2) is 28.7 Å². The molecule has 2 atom stereocenters. The number of benzene rings is 2. The number of methoxy groups -OCH3 is 4. The van der Waals surface area contributed by atoms with Crippen molar-refractivity contribution in [3.63, 3.8) is 0 Å². The maximum Gasteiger partial charge on any atom is 0.175 e. The van der Waals surface area contributed by atoms with E-state index in [1.165, 1.54) is 11.1 Å². The van der Waals surface area contributed by atoms with Gasteiger partial charge in [0, 0.05) is 17.8 Å². The van der Waals surface area contributed by atoms with Gasteiger partial charge in [-0.15, -0.1) is 0 Å². The Morgan fingerprint density at radius 2 is 1.48 bits per heavy atom. The maximum absolute atomic E-state index is 5.54. The molecule has 1 aliphatic heterocycles. The van der Waals surface area contributed by atoms with Gasteiger partial charge in [0.1, 0.15) is 0 Å². The van der Waals surface area contributed by atoms with Crippen LogP contribution in [0, 0.1) is 0 Å². The van der Waals surface area contributed by atoms with Crippen LogP contribution in [0.1, 0.15) is 31.0 Å². The molecule has 0 saturated heterocycles. The summed E-state index contributed by atoms with van der Waals surface area (Å²) in [5.74, 6) is 2.94. The van der Waals surface area contributed by atoms with Crippen molar-refractivity contribution in [1.82, 2.24) is 0 Å². The van der Waals surface area contributed by atoms with E-state index in [1.807, 2.05) is 6.07 Å². The van der Waals surface area contributed by atoms with Gasteiger partial charge in [-0.25, -0.2) is 0 Å². The molecule has 6 heteroatoms. The smallest absolute Gasteiger partial charge is 0.175 e. The van der Waals surface area contributed by atoms with Crippen LogP contribution in [-0.4, -0.2) is 34.5 Å². The minimum Gasteiger partial charge on any atom is -0.493 e. The highest BCUT2D eigenvalue weighted by atomic mass is 79.9. The number of hydrogen-bond acceptors (Lipinski definition) is 5. The van der Waals surface area contributed by atoms with Crippen molar-refractivity contribution in [3.05, 3.63) is 39.9 Å². The lowest BCUT2D eigenvalue weighted by Crippen LogP contribution is -2.41. The Kier molecular flexibility index (Phi) is 5.75. The molecule has 0 N–H and O–H groups in total. The van der Waals surface area contributed by atoms with Gasteiger partial charge in [0.05, 0.1) is 39.0 Å². The normalized spacial score (nSPS) is 18.7. The van der Waals surface area contributed by atoms with Crippen molar-refractivity contribution in [2.24, 2.45) is 0 Å². The number of ether oxygens (including phenoxy) is 4. The first kappa shape index (κ1) is 19.7. The molecule has 5 nitrogen and oxygen atoms in total. The van der Waals surface area contributed by atoms with Gasteiger partial charge in [0.2, 0.25) is 0 Å². The number of nitrogens with zero attached hydrogens (tertiary/aromatic N) is 1. The molecule has 3 rings (SSSR count). The van der Waals surface area contributed by atoms with Crippen molar-refractivity contribution in [3.8, 4) is 23.0 Å². The highest BCUT2D eigenvalue weighted by molar-refractivity contribution is 9.10. The number of halogens is 1. The Morgan fingerprint density at radius 3 is 2.07 bits per heavy atom. The first-order chi connectivity index (χ1) is 12.9. The summed E-state index contributed by atoms with van der Waals surface area (Å²) in [6, 6.07) is 8.79. The average Bonchev–Trinajstić information content (AvgIpc) is 2.66. The predicted octanol–water partition coefficient (Wildman–Crippen LogP) is 5.00. The third-order valence-electron chi connectivity index (χ3n) is 5.22. The molecule has 2 aromatic carbocycles. The second-order valence-corrected chi connectivity index (χ2v) is 7.56. The van der Waals surface area contributed by atoms with Crippen molar-refractivity contribution >= 4 is 21.6 Å². The number of anilines is 1. The van der Waals surface area contributed by atoms with Crippen LogP contribution in [0.4, 0.5) is 5.69 Å². The van der Waals surface area contributed by atoms with Crippen molar-refractivity contribution in [2.75, 3.05) is 33.3 Å². The predicted molar refractivity (Wildman–Crippen MR) is 111 cm³/mol. The Balaban J connectivity index is 2.08. The Hall–Kier alpha value is -2.08. The molecule has 1 heterocycles. The second kappa shape index (κ2) is 7.89. The fraction of sp³-hybridized carbons (Fsp3) is 0.429. The van der Waals surface area contributed by atoms with Crippen LogP contribution in [0.2, 0.25) is 0 Å². The number of hydrogen-bond donors (Lipinski definition) is 0. The summed E-state index contributed by atoms with van der Waals surface area (Å²) in [4.78, 5) is 2.40. The zero-order valence-electron chi connectivity index (χ0n) is 16.6. The molecule has 0 aliphatic carbocycles. The summed E-state index contributed by atoms with van der Waals surface area (Å²) in [7, 11) is 6.64. The van der Waals surface area contributed by atoms with Gasteiger partial charge in [-0.3, -0.25) is 0 Å². The van der Waals surface area contributed by atoms with E-state index in [9.17, 15) is 0 Å². The zero-order valence-corrected chi connectivity index (χ0v) is 18.2. The minimum atomic E-state index is 0.175. The van der Waals surface area contributed by atoms with E-state index < -0.39 is 0 Å². The third kappa shape index (κ3) is 3.43. The van der Waals surface area contributed by atoms with Gasteiger partial charge >= 0.3 is 0 Å². The molecule has 27 heavy (non-hydrogen) atoms. The molecule has 0 radical (unpaired) electrons. The highest BCUT2D eigenvalue weighted by Crippen LogP contribution is 2.45. The van der Waals surface area contributed by atoms with Gasteiger partial charge in [-0.2, -0.15) is 0 Å². The van der Waals surface area contributed by atoms with Crippen LogP contribution >= 0.6 is 15.9 Å². The van der Waals surface area contributed by atoms with Crippen LogP contribution in [0.25, 0.3) is 0 Å². The SMILES string of the molecule is COc1cc2c(cc1OC)C(C)N(c1cc(Br)c(OC)c(OC)c1)C(C)C2. The van der Waals surface area contributed by atoms with E-state index >= 15 is 0 Å². The van der Waals surface area contributed by atoms with Gasteiger partial charge in [0.15, 0.2) is 23.0 Å². The minimum absolute atomic E-state index is 0.175. The highest BCUT2D eigenvalue weighted by Gasteiger charge is 2.31. The lowest BCUT2D eigenvalue weighted by atomic mass is 9.88. The summed E-state index contributed by atoms with van der Waals surface area (Å²) < 4.78 is 22.9. The topological polar surface area (TPSA) is 40.2 Å². The molecule has 0 fully saturated rings. The second-order valence-electron chi connectivity index (χ2n) is 6.71. The summed E-state index contributed by atoms with van der Waals surface area (Å²) in [6.45, 7) is 4.45. The van der Waals surface area contributed by atoms with Crippen molar-refractivity contribution in [2.45, 2.75) is 32.4 Å². The molecule has 2 aromatic rings. The third-order valence-corrected chi connectivity index (χ3v) is 5.81. The van der Waals surface area contributed by atoms with E-state index in [1.54, 1.807) is 28.4 Å². The van der Waals surface area contributed by atoms with E-state index in [0.717, 1.165) is 28.1 Å². The lowest BCUT2D eigenvalue weighted by molar-refractivity contribution is 0.351. The molecule has 146 valence electrons. The van der Waals surface area contributed by atoms with E-state index in [-0.39, 0.29) is 6.04 Å². The van der Waals surface area contributed by atoms with Crippen molar-refractivity contribution < 1.29 is 18.9 Å². The van der Waals surface area contributed by atoms with Crippen LogP contribution in [0.3, 0.4) is 0 Å². The molecule has 0 spiro atoms. The maximum atomic E-state index is 5.54. The average molecular weight is 436 g/mol. The fourth-order valence-electron chi connectivity index (χ4n) is 3.98. The lowest BCUT2D eigenvalue weighted by Gasteiger charge is -2.42. The van der Waals surface area contributed by atoms with E-state index in [0.29, 0.717) is 17.5 Å². The Morgan fingerprint density at radius 1 is 0.852 bits per heavy atom. The van der Waals surface area contributed by atoms with Crippen LogP contribution in [-0.2, 0) is 6.42 Å². The van der Waals surface area contributed by atoms with E-state index in [2.05, 4.69) is 52.9 Å². The van der Waals surface area contributed by atoms with Crippen LogP contribution < -0.4 is 23.8 Å². The number of fused-ring (bicyclic) bond motifs is 1. The largest absolute Gasteiger partial charge is 0.493 e. The molecule has 2 unspecified atom stereocenters. The van der Waals surface area contributed by atoms with E-state index in [4.69, 9.17) is 18.9 Å². The summed E-state index contributed by atoms with van der Waals surface area (Å²) in [5.41, 5.74) is 3.63. The summed E-state index contributed by atoms with van der Waals surface area (Å²) in [6.07, 6.45) is 0.923. The molecule has 0 aromatic heterocycles. The first-order valence-corrected chi connectivity index (χ1v) is 9.69. The van der Waals surface area contributed by atoms with Crippen LogP contribution in [0.5, 0.6) is 23.0 Å². The summed E-state index contributed by atoms with van der Waals surface area (Å²) in [5, 5.41) is 0. The molecule has 0 saturated carbocycles. The molecule has 0 bridgehead atoms. The monoisotopic (exact) mass is 435 g/mol. The van der Waals surface area contributed by atoms with Crippen molar-refractivity contribution in [1.29, 1.82) is 0 Å². The summed E-state index contributed by atoms with van der Waals surface area (Å²) >= 11 is 3.61. The molecular weight excluding hydrogens is 410 g/mol. The van der Waals surface area contributed by atoms with Gasteiger partial charge in [-0.1, -0.05) is 0 Å². The van der Waals surface area contributed by atoms with Gasteiger partial charge in [-0.05, 0) is 65.5 Å². The fourth-order valence-corrected chi connectivity index (χ4v) is 4.57. The first-order valence-electron chi connectivity index (χ1n) is 8.89. The molecule has 1 aliphatic rings. The molecule has 0 amide bonds. The zero-order chi connectivity index (χ0) is 19.7. The van der Waals surface area contributed by atoms with Gasteiger partial charge in [0.25, 0.3) is 0 Å². The Labute approximate surface area is 169 Å². The standard InChI is InChI=1S/C21H26BrNO4/c1-12-7-14-8-18(24-3)19(25-4)11-16(14)13(2)23(12)15-9-17(22)21(27-6)20(10-15)26-5/h8-13H,7H2,1-6H3.